The maximum Gasteiger partial charge on any atom is 0.409 e. The topological polar surface area (TPSA) is 83.9 Å². The van der Waals surface area contributed by atoms with Gasteiger partial charge in [-0.25, -0.2) is 4.39 Å². The third-order valence-electron chi connectivity index (χ3n) is 3.67. The fourth-order valence-corrected chi connectivity index (χ4v) is 2.85. The Morgan fingerprint density at radius 1 is 1.32 bits per heavy atom. The Morgan fingerprint density at radius 2 is 1.84 bits per heavy atom. The minimum atomic E-state index is -5.60. The number of alkyl halides is 3. The van der Waals surface area contributed by atoms with Crippen molar-refractivity contribution in [2.24, 2.45) is 0 Å². The molecule has 3 atom stereocenters. The van der Waals surface area contributed by atoms with Crippen LogP contribution in [0, 0.1) is 0 Å². The lowest BCUT2D eigenvalue weighted by atomic mass is 10.0. The highest BCUT2D eigenvalue weighted by Crippen LogP contribution is 2.32. The summed E-state index contributed by atoms with van der Waals surface area (Å²) in [5.41, 5.74) is 0.388. The summed E-state index contributed by atoms with van der Waals surface area (Å²) in [5, 5.41) is 5.14. The molecule has 0 bridgehead atoms. The van der Waals surface area contributed by atoms with Crippen LogP contribution in [0.2, 0.25) is 0 Å². The fraction of sp³-hybridized carbons (Fsp3) is 0.533. The van der Waals surface area contributed by atoms with Crippen molar-refractivity contribution < 1.29 is 35.7 Å². The first kappa shape index (κ1) is 21.4. The number of nitrogens with zero attached hydrogens (tertiary/aromatic N) is 1. The molecule has 1 aromatic rings. The molecular formula is C15H20F3NO5S. The van der Waals surface area contributed by atoms with Crippen LogP contribution in [0.5, 0.6) is 0 Å². The second-order valence-electron chi connectivity index (χ2n) is 5.33. The molecule has 0 aliphatic heterocycles. The maximum absolute atomic E-state index is 14.0. The molecule has 1 rings (SSSR count). The van der Waals surface area contributed by atoms with E-state index in [1.807, 2.05) is 0 Å². The molecule has 0 unspecified atom stereocenters. The van der Waals surface area contributed by atoms with Gasteiger partial charge in [-0.1, -0.05) is 30.3 Å². The number of carbonyl (C=O) groups is 1. The number of aliphatic hydroxyl groups is 1. The van der Waals surface area contributed by atoms with Gasteiger partial charge in [0.1, 0.15) is 0 Å². The van der Waals surface area contributed by atoms with Crippen LogP contribution < -0.4 is 0 Å². The Kier molecular flexibility index (Phi) is 6.98. The molecule has 1 N–H and O–H groups in total. The summed E-state index contributed by atoms with van der Waals surface area (Å²) >= 11 is 0. The van der Waals surface area contributed by atoms with Crippen LogP contribution >= 0.6 is 0 Å². The minimum absolute atomic E-state index is 0.388. The van der Waals surface area contributed by atoms with Gasteiger partial charge in [-0.3, -0.25) is 8.98 Å². The van der Waals surface area contributed by atoms with Crippen molar-refractivity contribution in [2.45, 2.75) is 37.4 Å². The van der Waals surface area contributed by atoms with Gasteiger partial charge < -0.3 is 10.0 Å². The molecule has 0 saturated heterocycles. The fourth-order valence-electron chi connectivity index (χ4n) is 2.02. The van der Waals surface area contributed by atoms with E-state index in [4.69, 9.17) is 0 Å². The van der Waals surface area contributed by atoms with Gasteiger partial charge in [0.2, 0.25) is 0 Å². The van der Waals surface area contributed by atoms with Gasteiger partial charge in [-0.05, 0) is 19.4 Å². The number of carbonyl (C=O) groups excluding carboxylic acids is 1. The Bertz CT molecular complexity index is 684. The molecule has 0 heterocycles. The summed E-state index contributed by atoms with van der Waals surface area (Å²) in [6.45, 7) is 1.82. The van der Waals surface area contributed by atoms with E-state index in [0.717, 1.165) is 14.0 Å². The van der Waals surface area contributed by atoms with Crippen molar-refractivity contribution in [1.29, 1.82) is 0 Å². The van der Waals surface area contributed by atoms with E-state index in [2.05, 4.69) is 4.18 Å². The lowest BCUT2D eigenvalue weighted by Gasteiger charge is -2.31. The normalized spacial score (nSPS) is 16.1. The summed E-state index contributed by atoms with van der Waals surface area (Å²) in [6, 6.07) is 6.92. The van der Waals surface area contributed by atoms with Gasteiger partial charge in [-0.15, -0.1) is 0 Å². The van der Waals surface area contributed by atoms with E-state index < -0.39 is 46.2 Å². The second kappa shape index (κ2) is 8.15. The first-order chi connectivity index (χ1) is 11.5. The summed E-state index contributed by atoms with van der Waals surface area (Å²) in [6.07, 6.45) is -4.95. The maximum atomic E-state index is 14.0. The highest BCUT2D eigenvalue weighted by atomic mass is 32.2. The van der Waals surface area contributed by atoms with Crippen molar-refractivity contribution in [3.8, 4) is 0 Å². The van der Waals surface area contributed by atoms with Crippen molar-refractivity contribution in [3.63, 3.8) is 0 Å². The molecule has 0 radical (unpaired) electrons. The zero-order valence-corrected chi connectivity index (χ0v) is 14.7. The first-order valence-electron chi connectivity index (χ1n) is 7.37. The Labute approximate surface area is 144 Å². The lowest BCUT2D eigenvalue weighted by Crippen LogP contribution is -2.52. The molecule has 0 saturated carbocycles. The zero-order chi connectivity index (χ0) is 19.4. The molecule has 0 aromatic heterocycles. The predicted molar refractivity (Wildman–Crippen MR) is 84.0 cm³/mol. The Morgan fingerprint density at radius 3 is 2.32 bits per heavy atom. The zero-order valence-electron chi connectivity index (χ0n) is 13.9. The minimum Gasteiger partial charge on any atom is -0.386 e. The second-order valence-corrected chi connectivity index (χ2v) is 7.02. The molecule has 1 aromatic carbocycles. The third kappa shape index (κ3) is 4.50. The summed E-state index contributed by atoms with van der Waals surface area (Å²) in [7, 11) is -4.61. The Hall–Kier alpha value is -1.65. The lowest BCUT2D eigenvalue weighted by molar-refractivity contribution is -0.148. The summed E-state index contributed by atoms with van der Waals surface area (Å²) in [4.78, 5) is 12.5. The number of likely N-dealkylation sites (N-methyl/N-ethyl adjacent to an activating group) is 1. The van der Waals surface area contributed by atoms with Gasteiger partial charge in [0.15, 0.2) is 0 Å². The van der Waals surface area contributed by atoms with E-state index in [1.165, 1.54) is 6.92 Å². The van der Waals surface area contributed by atoms with E-state index >= 15 is 0 Å². The number of hydrogen-bond donors (Lipinski definition) is 1. The quantitative estimate of drug-likeness (QED) is 0.693. The van der Waals surface area contributed by atoms with Crippen LogP contribution in [0.25, 0.3) is 0 Å². The van der Waals surface area contributed by atoms with Gasteiger partial charge >= 0.3 is 15.4 Å². The average Bonchev–Trinajstić information content (AvgIpc) is 2.58. The van der Waals surface area contributed by atoms with Gasteiger partial charge in [0.25, 0.3) is 12.1 Å². The molecule has 0 spiro atoms. The molecule has 25 heavy (non-hydrogen) atoms. The Balaban J connectivity index is 2.97. The number of halogens is 3. The monoisotopic (exact) mass is 383 g/mol. The van der Waals surface area contributed by atoms with E-state index in [-0.39, 0.29) is 0 Å². The number of benzene rings is 1. The summed E-state index contributed by atoms with van der Waals surface area (Å²) < 4.78 is 68.1. The standard InChI is InChI=1S/C15H20F3NO5S/c1-4-24-25(22,23)15(17,18)13(16)14(21)19(3)10(2)12(20)11-8-6-5-7-9-11/h5-10,12-13,20H,4H2,1-3H3/t10-,12+,13-/m0/s1. The largest absolute Gasteiger partial charge is 0.409 e. The molecule has 10 heteroatoms. The van der Waals surface area contributed by atoms with Crippen molar-refractivity contribution in [3.05, 3.63) is 35.9 Å². The molecular weight excluding hydrogens is 363 g/mol. The van der Waals surface area contributed by atoms with Gasteiger partial charge in [0, 0.05) is 7.05 Å². The number of rotatable bonds is 8. The van der Waals surface area contributed by atoms with Crippen LogP contribution in [-0.2, 0) is 19.1 Å². The first-order valence-corrected chi connectivity index (χ1v) is 8.78. The molecule has 6 nitrogen and oxygen atoms in total. The van der Waals surface area contributed by atoms with E-state index in [0.29, 0.717) is 10.5 Å². The molecule has 0 aliphatic rings. The molecule has 142 valence electrons. The van der Waals surface area contributed by atoms with E-state index in [1.54, 1.807) is 30.3 Å². The van der Waals surface area contributed by atoms with Crippen LogP contribution in [0.4, 0.5) is 13.2 Å². The predicted octanol–water partition coefficient (Wildman–Crippen LogP) is 1.86. The highest BCUT2D eigenvalue weighted by Gasteiger charge is 2.58. The molecule has 0 fully saturated rings. The number of hydrogen-bond acceptors (Lipinski definition) is 5. The summed E-state index contributed by atoms with van der Waals surface area (Å²) in [5.74, 6) is -1.78. The van der Waals surface area contributed by atoms with Gasteiger partial charge in [-0.2, -0.15) is 17.2 Å². The van der Waals surface area contributed by atoms with Crippen molar-refractivity contribution >= 4 is 16.0 Å². The van der Waals surface area contributed by atoms with Crippen LogP contribution in [0.3, 0.4) is 0 Å². The van der Waals surface area contributed by atoms with Crippen LogP contribution in [0.1, 0.15) is 25.5 Å². The average molecular weight is 383 g/mol. The SMILES string of the molecule is CCOS(=O)(=O)C(F)(F)[C@@H](F)C(=O)N(C)[C@@H](C)[C@@H](O)c1ccccc1. The highest BCUT2D eigenvalue weighted by molar-refractivity contribution is 7.87. The number of amides is 1. The van der Waals surface area contributed by atoms with E-state index in [9.17, 15) is 31.5 Å². The van der Waals surface area contributed by atoms with Crippen LogP contribution in [-0.4, -0.2) is 55.5 Å². The third-order valence-corrected chi connectivity index (χ3v) is 5.09. The molecule has 0 aliphatic carbocycles. The van der Waals surface area contributed by atoms with Gasteiger partial charge in [0.05, 0.1) is 18.8 Å². The van der Waals surface area contributed by atoms with Crippen molar-refractivity contribution in [1.82, 2.24) is 4.90 Å². The molecule has 1 amide bonds. The number of aliphatic hydroxyl groups excluding tert-OH is 1. The van der Waals surface area contributed by atoms with Crippen molar-refractivity contribution in [2.75, 3.05) is 13.7 Å². The van der Waals surface area contributed by atoms with Crippen LogP contribution in [0.15, 0.2) is 30.3 Å². The smallest absolute Gasteiger partial charge is 0.386 e.